The molecule has 0 radical (unpaired) electrons. The molecule has 2 aromatic carbocycles. The highest BCUT2D eigenvalue weighted by molar-refractivity contribution is 5.94. The van der Waals surface area contributed by atoms with Crippen molar-refractivity contribution in [2.45, 2.75) is 38.1 Å². The minimum absolute atomic E-state index is 0.146. The number of urea groups is 1. The first-order chi connectivity index (χ1) is 10.4. The van der Waals surface area contributed by atoms with Gasteiger partial charge >= 0.3 is 6.03 Å². The molecule has 22 heavy (non-hydrogen) atoms. The highest BCUT2D eigenvalue weighted by Crippen LogP contribution is 2.50. The molecule has 1 atom stereocenters. The van der Waals surface area contributed by atoms with Gasteiger partial charge in [0.2, 0.25) is 0 Å². The quantitative estimate of drug-likeness (QED) is 0.847. The Hall–Kier alpha value is -2.29. The van der Waals surface area contributed by atoms with Gasteiger partial charge in [-0.25, -0.2) is 4.79 Å². The fraction of sp³-hybridized carbons (Fsp3) is 0.316. The van der Waals surface area contributed by atoms with Crippen molar-refractivity contribution in [2.24, 2.45) is 5.73 Å². The Labute approximate surface area is 131 Å². The highest BCUT2D eigenvalue weighted by Gasteiger charge is 2.47. The van der Waals surface area contributed by atoms with Crippen molar-refractivity contribution in [3.8, 4) is 0 Å². The predicted molar refractivity (Wildman–Crippen MR) is 90.1 cm³/mol. The largest absolute Gasteiger partial charge is 0.351 e. The SMILES string of the molecule is CC1(C)C[C@](C)(c2ccccc2)c2ccccc2N1C(N)=O. The standard InChI is InChI=1S/C19H22N2O/c1-18(2)13-19(3,14-9-5-4-6-10-14)15-11-7-8-12-16(15)21(18)17(20)22/h4-12H,13H2,1-3H3,(H2,20,22)/t19-/m1/s1. The van der Waals surface area contributed by atoms with Crippen LogP contribution >= 0.6 is 0 Å². The summed E-state index contributed by atoms with van der Waals surface area (Å²) in [6, 6.07) is 18.2. The molecule has 2 amide bonds. The van der Waals surface area contributed by atoms with E-state index in [9.17, 15) is 4.79 Å². The van der Waals surface area contributed by atoms with Gasteiger partial charge in [-0.3, -0.25) is 4.90 Å². The lowest BCUT2D eigenvalue weighted by atomic mass is 9.65. The molecular weight excluding hydrogens is 272 g/mol. The van der Waals surface area contributed by atoms with Gasteiger partial charge in [-0.15, -0.1) is 0 Å². The van der Waals surface area contributed by atoms with E-state index < -0.39 is 6.03 Å². The van der Waals surface area contributed by atoms with Crippen LogP contribution in [0.25, 0.3) is 0 Å². The zero-order chi connectivity index (χ0) is 16.0. The topological polar surface area (TPSA) is 46.3 Å². The van der Waals surface area contributed by atoms with Crippen molar-refractivity contribution in [2.75, 3.05) is 4.90 Å². The smallest absolute Gasteiger partial charge is 0.319 e. The van der Waals surface area contributed by atoms with Crippen LogP contribution in [0.3, 0.4) is 0 Å². The van der Waals surface area contributed by atoms with Crippen molar-refractivity contribution >= 4 is 11.7 Å². The summed E-state index contributed by atoms with van der Waals surface area (Å²) in [4.78, 5) is 13.8. The summed E-state index contributed by atoms with van der Waals surface area (Å²) in [6.45, 7) is 6.41. The molecule has 0 spiro atoms. The molecule has 1 aliphatic rings. The van der Waals surface area contributed by atoms with Crippen LogP contribution < -0.4 is 10.6 Å². The normalized spacial score (nSPS) is 23.0. The van der Waals surface area contributed by atoms with Gasteiger partial charge in [0, 0.05) is 11.0 Å². The summed E-state index contributed by atoms with van der Waals surface area (Å²) in [6.07, 6.45) is 0.823. The first-order valence-corrected chi connectivity index (χ1v) is 7.61. The number of benzene rings is 2. The van der Waals surface area contributed by atoms with E-state index in [4.69, 9.17) is 5.73 Å². The van der Waals surface area contributed by atoms with Gasteiger partial charge in [-0.05, 0) is 37.5 Å². The third-order valence-electron chi connectivity index (χ3n) is 4.76. The summed E-state index contributed by atoms with van der Waals surface area (Å²) in [5.41, 5.74) is 8.51. The molecule has 3 heteroatoms. The Kier molecular flexibility index (Phi) is 3.24. The lowest BCUT2D eigenvalue weighted by Gasteiger charge is -2.50. The minimum Gasteiger partial charge on any atom is -0.351 e. The Morgan fingerprint density at radius 2 is 1.59 bits per heavy atom. The summed E-state index contributed by atoms with van der Waals surface area (Å²) < 4.78 is 0. The average molecular weight is 294 g/mol. The van der Waals surface area contributed by atoms with E-state index in [1.165, 1.54) is 5.56 Å². The van der Waals surface area contributed by atoms with Crippen LogP contribution in [0.1, 0.15) is 38.3 Å². The second-order valence-corrected chi connectivity index (χ2v) is 6.88. The van der Waals surface area contributed by atoms with E-state index in [-0.39, 0.29) is 11.0 Å². The number of nitrogens with two attached hydrogens (primary N) is 1. The highest BCUT2D eigenvalue weighted by atomic mass is 16.2. The van der Waals surface area contributed by atoms with Gasteiger partial charge in [0.1, 0.15) is 0 Å². The van der Waals surface area contributed by atoms with E-state index >= 15 is 0 Å². The van der Waals surface area contributed by atoms with Crippen LogP contribution in [-0.2, 0) is 5.41 Å². The fourth-order valence-corrected chi connectivity index (χ4v) is 3.98. The van der Waals surface area contributed by atoms with Crippen molar-refractivity contribution in [3.63, 3.8) is 0 Å². The first-order valence-electron chi connectivity index (χ1n) is 7.61. The molecule has 0 saturated carbocycles. The van der Waals surface area contributed by atoms with Gasteiger partial charge in [0.15, 0.2) is 0 Å². The molecule has 1 aliphatic heterocycles. The van der Waals surface area contributed by atoms with Crippen LogP contribution in [0.4, 0.5) is 10.5 Å². The lowest BCUT2D eigenvalue weighted by Crippen LogP contribution is -2.57. The van der Waals surface area contributed by atoms with Gasteiger partial charge in [0.05, 0.1) is 5.69 Å². The Morgan fingerprint density at radius 1 is 1.00 bits per heavy atom. The average Bonchev–Trinajstić information content (AvgIpc) is 2.47. The molecule has 3 rings (SSSR count). The molecule has 0 aliphatic carbocycles. The maximum atomic E-state index is 12.0. The van der Waals surface area contributed by atoms with Crippen LogP contribution in [0.5, 0.6) is 0 Å². The zero-order valence-electron chi connectivity index (χ0n) is 13.3. The van der Waals surface area contributed by atoms with Gasteiger partial charge in [-0.1, -0.05) is 55.5 Å². The third-order valence-corrected chi connectivity index (χ3v) is 4.76. The molecule has 0 fully saturated rings. The van der Waals surface area contributed by atoms with E-state index in [1.54, 1.807) is 4.90 Å². The molecular formula is C19H22N2O. The van der Waals surface area contributed by atoms with Crippen molar-refractivity contribution in [1.82, 2.24) is 0 Å². The predicted octanol–water partition coefficient (Wildman–Crippen LogP) is 4.06. The lowest BCUT2D eigenvalue weighted by molar-refractivity contribution is 0.240. The third kappa shape index (κ3) is 2.08. The minimum atomic E-state index is -0.396. The number of carbonyl (C=O) groups excluding carboxylic acids is 1. The van der Waals surface area contributed by atoms with Gasteiger partial charge in [0.25, 0.3) is 0 Å². The Morgan fingerprint density at radius 3 is 2.23 bits per heavy atom. The number of carbonyl (C=O) groups is 1. The summed E-state index contributed by atoms with van der Waals surface area (Å²) in [5.74, 6) is 0. The van der Waals surface area contributed by atoms with Crippen LogP contribution in [0.2, 0.25) is 0 Å². The van der Waals surface area contributed by atoms with E-state index in [0.29, 0.717) is 0 Å². The Bertz CT molecular complexity index is 708. The van der Waals surface area contributed by atoms with Crippen molar-refractivity contribution in [1.29, 1.82) is 0 Å². The molecule has 2 N–H and O–H groups in total. The zero-order valence-corrected chi connectivity index (χ0v) is 13.3. The van der Waals surface area contributed by atoms with Gasteiger partial charge in [-0.2, -0.15) is 0 Å². The van der Waals surface area contributed by atoms with E-state index in [0.717, 1.165) is 17.7 Å². The second kappa shape index (κ2) is 4.87. The van der Waals surface area contributed by atoms with E-state index in [2.05, 4.69) is 51.1 Å². The first kappa shape index (κ1) is 14.6. The molecule has 114 valence electrons. The van der Waals surface area contributed by atoms with Crippen LogP contribution in [0.15, 0.2) is 54.6 Å². The number of para-hydroxylation sites is 1. The molecule has 0 saturated heterocycles. The number of fused-ring (bicyclic) bond motifs is 1. The van der Waals surface area contributed by atoms with Crippen molar-refractivity contribution < 1.29 is 4.79 Å². The monoisotopic (exact) mass is 294 g/mol. The number of primary amides is 1. The number of rotatable bonds is 1. The van der Waals surface area contributed by atoms with Crippen LogP contribution in [-0.4, -0.2) is 11.6 Å². The fourth-order valence-electron chi connectivity index (χ4n) is 3.98. The number of amides is 2. The number of hydrogen-bond donors (Lipinski definition) is 1. The Balaban J connectivity index is 2.27. The number of nitrogens with zero attached hydrogens (tertiary/aromatic N) is 1. The maximum absolute atomic E-state index is 12.0. The molecule has 2 aromatic rings. The number of hydrogen-bond acceptors (Lipinski definition) is 1. The molecule has 0 unspecified atom stereocenters. The summed E-state index contributed by atoms with van der Waals surface area (Å²) in [5, 5.41) is 0. The molecule has 0 aromatic heterocycles. The summed E-state index contributed by atoms with van der Waals surface area (Å²) in [7, 11) is 0. The van der Waals surface area contributed by atoms with Crippen molar-refractivity contribution in [3.05, 3.63) is 65.7 Å². The number of anilines is 1. The van der Waals surface area contributed by atoms with E-state index in [1.807, 2.05) is 24.3 Å². The summed E-state index contributed by atoms with van der Waals surface area (Å²) >= 11 is 0. The van der Waals surface area contributed by atoms with Crippen LogP contribution in [0, 0.1) is 0 Å². The molecule has 1 heterocycles. The second-order valence-electron chi connectivity index (χ2n) is 6.88. The maximum Gasteiger partial charge on any atom is 0.319 e. The molecule has 3 nitrogen and oxygen atoms in total. The molecule has 0 bridgehead atoms. The van der Waals surface area contributed by atoms with Gasteiger partial charge < -0.3 is 5.73 Å².